The molecule has 7 nitrogen and oxygen atoms in total. The van der Waals surface area contributed by atoms with Crippen LogP contribution in [0.1, 0.15) is 27.0 Å². The van der Waals surface area contributed by atoms with Crippen LogP contribution in [0.3, 0.4) is 0 Å². The van der Waals surface area contributed by atoms with E-state index in [0.717, 1.165) is 22.8 Å². The summed E-state index contributed by atoms with van der Waals surface area (Å²) >= 11 is 6.14. The number of hydrogen-bond acceptors (Lipinski definition) is 5. The van der Waals surface area contributed by atoms with Crippen molar-refractivity contribution in [1.29, 1.82) is 0 Å². The van der Waals surface area contributed by atoms with E-state index in [0.29, 0.717) is 62.1 Å². The lowest BCUT2D eigenvalue weighted by atomic mass is 10.0. The quantitative estimate of drug-likeness (QED) is 0.514. The number of morpholine rings is 1. The fourth-order valence-corrected chi connectivity index (χ4v) is 4.93. The first-order valence-corrected chi connectivity index (χ1v) is 12.5. The van der Waals surface area contributed by atoms with Gasteiger partial charge >= 0.3 is 6.18 Å². The van der Waals surface area contributed by atoms with Crippen LogP contribution in [0.4, 0.5) is 13.2 Å². The number of allylic oxidation sites excluding steroid dienone is 1. The van der Waals surface area contributed by atoms with Crippen LogP contribution < -0.4 is 16.2 Å². The Labute approximate surface area is 217 Å². The summed E-state index contributed by atoms with van der Waals surface area (Å²) in [6.45, 7) is 3.83. The van der Waals surface area contributed by atoms with Crippen molar-refractivity contribution in [2.24, 2.45) is 0 Å². The number of ether oxygens (including phenoxy) is 1. The smallest absolute Gasteiger partial charge is 0.378 e. The lowest BCUT2D eigenvalue weighted by molar-refractivity contribution is -0.620. The van der Waals surface area contributed by atoms with Crippen LogP contribution in [0.25, 0.3) is 5.70 Å². The second-order valence-corrected chi connectivity index (χ2v) is 9.62. The molecule has 5 rings (SSSR count). The Kier molecular flexibility index (Phi) is 7.32. The lowest BCUT2D eigenvalue weighted by Gasteiger charge is -2.35. The Hall–Kier alpha value is -3.21. The molecule has 1 saturated heterocycles. The minimum Gasteiger partial charge on any atom is -0.378 e. The summed E-state index contributed by atoms with van der Waals surface area (Å²) in [5, 5.41) is 3.72. The lowest BCUT2D eigenvalue weighted by Crippen LogP contribution is -2.92. The van der Waals surface area contributed by atoms with Crippen LogP contribution >= 0.6 is 11.6 Å². The van der Waals surface area contributed by atoms with Crippen molar-refractivity contribution < 1.29 is 28.1 Å². The molecule has 3 aliphatic rings. The van der Waals surface area contributed by atoms with E-state index in [2.05, 4.69) is 10.7 Å². The van der Waals surface area contributed by atoms with E-state index < -0.39 is 12.6 Å². The molecule has 0 saturated carbocycles. The molecule has 196 valence electrons. The fourth-order valence-electron chi connectivity index (χ4n) is 4.73. The topological polar surface area (TPSA) is 73.5 Å². The number of nitrogens with one attached hydrogen (secondary N) is 2. The van der Waals surface area contributed by atoms with Crippen molar-refractivity contribution in [3.63, 3.8) is 0 Å². The van der Waals surface area contributed by atoms with E-state index in [-0.39, 0.29) is 11.5 Å². The zero-order chi connectivity index (χ0) is 26.0. The molecular formula is C26H28ClF3N5O2+. The van der Waals surface area contributed by atoms with E-state index in [1.165, 1.54) is 12.1 Å². The van der Waals surface area contributed by atoms with Crippen molar-refractivity contribution in [1.82, 2.24) is 20.5 Å². The van der Waals surface area contributed by atoms with Gasteiger partial charge in [-0.25, -0.2) is 10.9 Å². The molecule has 0 atom stereocenters. The van der Waals surface area contributed by atoms with E-state index in [9.17, 15) is 18.0 Å². The Balaban J connectivity index is 1.36. The van der Waals surface area contributed by atoms with Crippen LogP contribution in [0, 0.1) is 0 Å². The molecule has 2 aromatic carbocycles. The monoisotopic (exact) mass is 534 g/mol. The largest absolute Gasteiger partial charge is 0.393 e. The predicted octanol–water partition coefficient (Wildman–Crippen LogP) is 2.61. The number of carbonyl (C=O) groups excluding carboxylic acids is 1. The molecule has 11 heteroatoms. The predicted molar refractivity (Wildman–Crippen MR) is 133 cm³/mol. The van der Waals surface area contributed by atoms with Crippen molar-refractivity contribution in [2.75, 3.05) is 39.4 Å². The summed E-state index contributed by atoms with van der Waals surface area (Å²) in [6.07, 6.45) is -3.30. The zero-order valence-electron chi connectivity index (χ0n) is 20.1. The van der Waals surface area contributed by atoms with Gasteiger partial charge < -0.3 is 19.9 Å². The molecule has 3 aliphatic heterocycles. The van der Waals surface area contributed by atoms with E-state index in [1.807, 2.05) is 40.7 Å². The van der Waals surface area contributed by atoms with Crippen LogP contribution in [-0.4, -0.2) is 61.3 Å². The van der Waals surface area contributed by atoms with Gasteiger partial charge in [0.15, 0.2) is 11.5 Å². The fraction of sp³-hybridized carbons (Fsp3) is 0.346. The molecule has 1 amide bonds. The first kappa shape index (κ1) is 25.4. The highest BCUT2D eigenvalue weighted by Crippen LogP contribution is 2.28. The molecule has 1 fully saturated rings. The average Bonchev–Trinajstić information content (AvgIpc) is 2.90. The first-order chi connectivity index (χ1) is 17.8. The summed E-state index contributed by atoms with van der Waals surface area (Å²) in [7, 11) is 0. The van der Waals surface area contributed by atoms with E-state index >= 15 is 0 Å². The maximum Gasteiger partial charge on any atom is 0.393 e. The Morgan fingerprint density at radius 1 is 1.05 bits per heavy atom. The van der Waals surface area contributed by atoms with Gasteiger partial charge in [0.25, 0.3) is 5.91 Å². The molecule has 0 bridgehead atoms. The number of nitrogens with zero attached hydrogens (tertiary/aromatic N) is 2. The van der Waals surface area contributed by atoms with Gasteiger partial charge in [-0.3, -0.25) is 4.79 Å². The number of halogens is 4. The molecule has 0 radical (unpaired) electrons. The number of quaternary nitrogens is 1. The highest BCUT2D eigenvalue weighted by molar-refractivity contribution is 6.30. The maximum atomic E-state index is 13.2. The third kappa shape index (κ3) is 6.03. The van der Waals surface area contributed by atoms with Crippen molar-refractivity contribution >= 4 is 23.2 Å². The van der Waals surface area contributed by atoms with Crippen molar-refractivity contribution in [3.8, 4) is 0 Å². The van der Waals surface area contributed by atoms with Gasteiger partial charge in [-0.05, 0) is 47.5 Å². The third-order valence-corrected chi connectivity index (χ3v) is 6.86. The molecule has 3 heterocycles. The van der Waals surface area contributed by atoms with Crippen LogP contribution in [0.15, 0.2) is 60.1 Å². The molecule has 37 heavy (non-hydrogen) atoms. The van der Waals surface area contributed by atoms with Gasteiger partial charge in [-0.1, -0.05) is 17.7 Å². The summed E-state index contributed by atoms with van der Waals surface area (Å²) in [5.74, 6) is 0.784. The standard InChI is InChI=1S/C26H27ClF3N5O2/c27-21-6-5-19(15-26(28,29)30)20(13-21)16-35-8-7-31-24-23(35)14-22(32-33-24)17-1-3-18(4-2-17)25(36)34-9-11-37-12-10-34/h1-6,13-14,31-33H,7-12,15-16H2/p+1. The molecule has 0 aliphatic carbocycles. The summed E-state index contributed by atoms with van der Waals surface area (Å²) < 4.78 is 44.8. The molecule has 0 spiro atoms. The van der Waals surface area contributed by atoms with E-state index in [4.69, 9.17) is 16.3 Å². The van der Waals surface area contributed by atoms with Gasteiger partial charge in [0.1, 0.15) is 0 Å². The highest BCUT2D eigenvalue weighted by atomic mass is 35.5. The third-order valence-electron chi connectivity index (χ3n) is 6.63. The number of benzene rings is 2. The number of hydrogen-bond donors (Lipinski definition) is 3. The molecule has 0 unspecified atom stereocenters. The van der Waals surface area contributed by atoms with Gasteiger partial charge in [-0.15, -0.1) is 0 Å². The number of rotatable bonds is 5. The molecular weight excluding hydrogens is 507 g/mol. The second-order valence-electron chi connectivity index (χ2n) is 9.18. The summed E-state index contributed by atoms with van der Waals surface area (Å²) in [6, 6.07) is 12.0. The Bertz CT molecular complexity index is 1220. The van der Waals surface area contributed by atoms with Crippen molar-refractivity contribution in [2.45, 2.75) is 19.1 Å². The van der Waals surface area contributed by atoms with Gasteiger partial charge in [0, 0.05) is 54.9 Å². The molecule has 0 aromatic heterocycles. The maximum absolute atomic E-state index is 13.2. The molecule has 2 aromatic rings. The number of carbonyl (C=O) groups is 1. The van der Waals surface area contributed by atoms with Crippen LogP contribution in [0.2, 0.25) is 5.02 Å². The normalized spacial score (nSPS) is 18.1. The second kappa shape index (κ2) is 10.6. The molecule has 4 N–H and O–H groups in total. The zero-order valence-corrected chi connectivity index (χ0v) is 20.8. The highest BCUT2D eigenvalue weighted by Gasteiger charge is 2.30. The van der Waals surface area contributed by atoms with Crippen molar-refractivity contribution in [3.05, 3.63) is 87.3 Å². The number of nitrogens with two attached hydrogens (primary N) is 1. The van der Waals surface area contributed by atoms with Gasteiger partial charge in [0.05, 0.1) is 25.3 Å². The minimum absolute atomic E-state index is 0.0154. The van der Waals surface area contributed by atoms with Gasteiger partial charge in [0.2, 0.25) is 0 Å². The SMILES string of the molecule is O=C(c1ccc(C2=CC3=C(NCCN3Cc3cc(Cl)ccc3CC(F)(F)F)N[NH2+]2)cc1)N1CCOCC1. The van der Waals surface area contributed by atoms with Crippen LogP contribution in [0.5, 0.6) is 0 Å². The summed E-state index contributed by atoms with van der Waals surface area (Å²) in [4.78, 5) is 16.6. The van der Waals surface area contributed by atoms with Gasteiger partial charge in [-0.2, -0.15) is 13.2 Å². The Morgan fingerprint density at radius 3 is 2.54 bits per heavy atom. The first-order valence-electron chi connectivity index (χ1n) is 12.1. The van der Waals surface area contributed by atoms with E-state index in [1.54, 1.807) is 11.0 Å². The number of amides is 1. The minimum atomic E-state index is -4.31. The summed E-state index contributed by atoms with van der Waals surface area (Å²) in [5.41, 5.74) is 9.22. The average molecular weight is 535 g/mol. The number of alkyl halides is 3. The van der Waals surface area contributed by atoms with Crippen LogP contribution in [-0.2, 0) is 17.7 Å². The Morgan fingerprint density at radius 2 is 1.81 bits per heavy atom.